The molecule has 2 aromatic heterocycles. The number of benzene rings is 2. The minimum absolute atomic E-state index is 0.0484. The predicted molar refractivity (Wildman–Crippen MR) is 263 cm³/mol. The molecule has 7 fully saturated rings. The second kappa shape index (κ2) is 20.3. The quantitative estimate of drug-likeness (QED) is 0.0732. The summed E-state index contributed by atoms with van der Waals surface area (Å²) in [6, 6.07) is 11.9. The molecular formula is C54H74N4O14. The Morgan fingerprint density at radius 1 is 0.833 bits per heavy atom. The fraction of sp³-hybridized carbons (Fsp3) is 0.685. The Labute approximate surface area is 419 Å². The maximum Gasteiger partial charge on any atom is 0.418 e. The maximum atomic E-state index is 14.6. The predicted octanol–water partition coefficient (Wildman–Crippen LogP) is 2.59. The van der Waals surface area contributed by atoms with Crippen molar-refractivity contribution in [1.29, 1.82) is 0 Å². The molecule has 0 radical (unpaired) electrons. The molecule has 2 aliphatic carbocycles. The van der Waals surface area contributed by atoms with E-state index in [0.717, 1.165) is 85.3 Å². The number of aliphatic hydroxyl groups is 8. The van der Waals surface area contributed by atoms with Gasteiger partial charge in [-0.3, -0.25) is 9.80 Å². The number of fused-ring (bicyclic) bond motifs is 8. The van der Waals surface area contributed by atoms with Crippen LogP contribution in [0.4, 0.5) is 4.79 Å². The first-order valence-electron chi connectivity index (χ1n) is 26.7. The van der Waals surface area contributed by atoms with E-state index in [9.17, 15) is 45.6 Å². The number of nitrogens with zero attached hydrogens (tertiary/aromatic N) is 3. The number of piperidine rings is 4. The van der Waals surface area contributed by atoms with Crippen LogP contribution in [0.5, 0.6) is 11.5 Å². The highest BCUT2D eigenvalue weighted by atomic mass is 16.7. The first-order chi connectivity index (χ1) is 34.8. The second-order valence-corrected chi connectivity index (χ2v) is 22.1. The highest BCUT2D eigenvalue weighted by Gasteiger charge is 2.53. The lowest BCUT2D eigenvalue weighted by Gasteiger charge is -2.56. The summed E-state index contributed by atoms with van der Waals surface area (Å²) in [5.41, 5.74) is 6.19. The zero-order valence-electron chi connectivity index (χ0n) is 41.5. The molecule has 6 unspecified atom stereocenters. The van der Waals surface area contributed by atoms with Crippen LogP contribution in [0.3, 0.4) is 0 Å². The molecule has 2 aromatic carbocycles. The van der Waals surface area contributed by atoms with E-state index < -0.39 is 74.4 Å². The van der Waals surface area contributed by atoms with Crippen LogP contribution in [0.1, 0.15) is 87.2 Å². The Morgan fingerprint density at radius 3 is 2.36 bits per heavy atom. The molecule has 5 saturated heterocycles. The summed E-state index contributed by atoms with van der Waals surface area (Å²) in [7, 11) is 0. The number of ether oxygens (including phenoxy) is 5. The molecule has 9 N–H and O–H groups in total. The molecule has 394 valence electrons. The highest BCUT2D eigenvalue weighted by Crippen LogP contribution is 2.55. The van der Waals surface area contributed by atoms with Gasteiger partial charge in [0.2, 0.25) is 6.29 Å². The summed E-state index contributed by atoms with van der Waals surface area (Å²) in [6.07, 6.45) is -7.14. The van der Waals surface area contributed by atoms with Gasteiger partial charge in [0.05, 0.1) is 25.3 Å². The Bertz CT molecular complexity index is 2590. The topological polar surface area (TPSA) is 252 Å². The fourth-order valence-electron chi connectivity index (χ4n) is 14.9. The standard InChI is InChI=1S/C54H74N4O14/c1-4-28-16-27-17-38-45(28)56(21-27)13-11-34-36-20-31(71-53-52(66)51(65)49(63)42(24-60)72-53)7-9-40(36)58(47(34)38)54(67)69-15-14-68-43(50(64)48(62)41(61)23-59)25-70-30-6-8-39-35(19-30)33-10-12-57-22-29-18-37(44(33)55-39)46(57)32(5-2)26(29)3/h6-9,19-20,26-29,32,37-38,41-43,45-46,48-53,55,59-66H,4-5,10-18,21-25H2,1-3H3/t26-,27-,28-,29?,32-,37-,38+,41+,42+,43-,45?,46?,48+,49+,50+,51-,52+,53?/m0/s1. The van der Waals surface area contributed by atoms with Gasteiger partial charge in [-0.15, -0.1) is 0 Å². The van der Waals surface area contributed by atoms with Gasteiger partial charge in [0.15, 0.2) is 0 Å². The van der Waals surface area contributed by atoms with Crippen LogP contribution in [0.15, 0.2) is 36.4 Å². The summed E-state index contributed by atoms with van der Waals surface area (Å²) in [5, 5.41) is 85.5. The molecule has 18 nitrogen and oxygen atoms in total. The van der Waals surface area contributed by atoms with Crippen LogP contribution in [0.25, 0.3) is 21.8 Å². The third-order valence-corrected chi connectivity index (χ3v) is 18.4. The van der Waals surface area contributed by atoms with Crippen LogP contribution < -0.4 is 9.47 Å². The van der Waals surface area contributed by atoms with Crippen LogP contribution in [0, 0.1) is 29.6 Å². The zero-order chi connectivity index (χ0) is 50.3. The Hall–Kier alpha value is -3.89. The van der Waals surface area contributed by atoms with Crippen molar-refractivity contribution in [3.63, 3.8) is 0 Å². The van der Waals surface area contributed by atoms with Gasteiger partial charge >= 0.3 is 6.09 Å². The molecule has 18 heteroatoms. The van der Waals surface area contributed by atoms with E-state index in [1.54, 1.807) is 22.8 Å². The number of nitrogens with one attached hydrogen (secondary N) is 1. The summed E-state index contributed by atoms with van der Waals surface area (Å²) in [6.45, 7) is 8.96. The van der Waals surface area contributed by atoms with E-state index >= 15 is 0 Å². The summed E-state index contributed by atoms with van der Waals surface area (Å²) in [4.78, 5) is 23.7. The minimum atomic E-state index is -1.76. The van der Waals surface area contributed by atoms with Crippen molar-refractivity contribution in [3.8, 4) is 11.5 Å². The van der Waals surface area contributed by atoms with Crippen molar-refractivity contribution in [2.45, 2.75) is 145 Å². The molecule has 4 aromatic rings. The first-order valence-corrected chi connectivity index (χ1v) is 26.7. The van der Waals surface area contributed by atoms with E-state index in [-0.39, 0.29) is 31.8 Å². The molecule has 0 spiro atoms. The fourth-order valence-corrected chi connectivity index (χ4v) is 14.9. The minimum Gasteiger partial charge on any atom is -0.491 e. The molecule has 72 heavy (non-hydrogen) atoms. The highest BCUT2D eigenvalue weighted by molar-refractivity contribution is 5.95. The van der Waals surface area contributed by atoms with E-state index in [1.165, 1.54) is 24.1 Å². The normalized spacial score (nSPS) is 36.3. The van der Waals surface area contributed by atoms with Gasteiger partial charge in [0, 0.05) is 77.8 Å². The lowest BCUT2D eigenvalue weighted by Crippen LogP contribution is -2.60. The van der Waals surface area contributed by atoms with Crippen LogP contribution in [0.2, 0.25) is 0 Å². The molecule has 9 heterocycles. The van der Waals surface area contributed by atoms with E-state index in [2.05, 4.69) is 35.6 Å². The smallest absolute Gasteiger partial charge is 0.418 e. The third-order valence-electron chi connectivity index (χ3n) is 18.4. The number of carbonyl (C=O) groups excluding carboxylic acids is 1. The van der Waals surface area contributed by atoms with Crippen molar-refractivity contribution < 1.29 is 69.3 Å². The van der Waals surface area contributed by atoms with Crippen molar-refractivity contribution in [2.24, 2.45) is 29.6 Å². The average molecular weight is 1000 g/mol. The largest absolute Gasteiger partial charge is 0.491 e. The Kier molecular flexibility index (Phi) is 14.2. The van der Waals surface area contributed by atoms with Crippen LogP contribution in [-0.4, -0.2) is 193 Å². The number of rotatable bonds is 16. The molecule has 8 bridgehead atoms. The molecule has 13 rings (SSSR count). The molecule has 20 atom stereocenters. The van der Waals surface area contributed by atoms with Gasteiger partial charge in [-0.25, -0.2) is 9.36 Å². The molecule has 2 saturated carbocycles. The van der Waals surface area contributed by atoms with Crippen molar-refractivity contribution in [2.75, 3.05) is 59.2 Å². The van der Waals surface area contributed by atoms with Gasteiger partial charge in [0.1, 0.15) is 73.5 Å². The summed E-state index contributed by atoms with van der Waals surface area (Å²) < 4.78 is 31.9. The Morgan fingerprint density at radius 2 is 1.60 bits per heavy atom. The third kappa shape index (κ3) is 8.64. The number of hydrogen-bond donors (Lipinski definition) is 9. The van der Waals surface area contributed by atoms with Gasteiger partial charge in [-0.05, 0) is 109 Å². The monoisotopic (exact) mass is 1000 g/mol. The maximum absolute atomic E-state index is 14.6. The number of carbonyl (C=O) groups is 1. The Balaban J connectivity index is 0.821. The van der Waals surface area contributed by atoms with Crippen molar-refractivity contribution in [3.05, 3.63) is 58.9 Å². The van der Waals surface area contributed by atoms with Gasteiger partial charge in [-0.1, -0.05) is 33.6 Å². The lowest BCUT2D eigenvalue weighted by atomic mass is 9.60. The van der Waals surface area contributed by atoms with E-state index in [1.807, 2.05) is 18.2 Å². The zero-order valence-corrected chi connectivity index (χ0v) is 41.5. The number of hydrogen-bond acceptors (Lipinski definition) is 16. The summed E-state index contributed by atoms with van der Waals surface area (Å²) in [5.74, 6) is 4.36. The SMILES string of the molecule is CC[C@H]1C[C@H]2C[C@H]3c4c(c5cc(OC6O[C@H](CO)[C@@H](O)[C@H](O)[C@H]6O)ccc5n4C(=O)OCCO[C@@H](COc4ccc5[nH]c6c(c5c4)CCN4CC5C[C@@H]6C4[C@@H](CC)[C@H]5C)[C@@H](O)[C@H](O)[C@H](O)CO)CCN(C2)C13. The molecule has 9 aliphatic rings. The average Bonchev–Trinajstić information content (AvgIpc) is 3.86. The number of aromatic nitrogens is 2. The number of aromatic amines is 1. The second-order valence-electron chi connectivity index (χ2n) is 22.1. The first kappa shape index (κ1) is 50.3. The molecule has 7 aliphatic heterocycles. The van der Waals surface area contributed by atoms with Crippen LogP contribution >= 0.6 is 0 Å². The lowest BCUT2D eigenvalue weighted by molar-refractivity contribution is -0.277. The molecular weight excluding hydrogens is 929 g/mol. The number of H-pyrrole nitrogens is 1. The van der Waals surface area contributed by atoms with Gasteiger partial charge < -0.3 is 69.5 Å². The number of aliphatic hydroxyl groups excluding tert-OH is 8. The van der Waals surface area contributed by atoms with E-state index in [4.69, 9.17) is 23.7 Å². The van der Waals surface area contributed by atoms with E-state index in [0.29, 0.717) is 59.1 Å². The van der Waals surface area contributed by atoms with Crippen molar-refractivity contribution >= 4 is 27.9 Å². The van der Waals surface area contributed by atoms with Crippen LogP contribution in [-0.2, 0) is 27.1 Å². The molecule has 0 amide bonds. The van der Waals surface area contributed by atoms with Gasteiger partial charge in [0.25, 0.3) is 0 Å². The van der Waals surface area contributed by atoms with Gasteiger partial charge in [-0.2, -0.15) is 0 Å². The summed E-state index contributed by atoms with van der Waals surface area (Å²) >= 11 is 0. The van der Waals surface area contributed by atoms with Crippen molar-refractivity contribution in [1.82, 2.24) is 19.4 Å².